The second-order valence-electron chi connectivity index (χ2n) is 6.19. The summed E-state index contributed by atoms with van der Waals surface area (Å²) in [6, 6.07) is 8.38. The fourth-order valence-corrected chi connectivity index (χ4v) is 4.67. The Labute approximate surface area is 123 Å². The fraction of sp³-hybridized carbons (Fsp3) is 0.562. The molecule has 3 nitrogen and oxygen atoms in total. The van der Waals surface area contributed by atoms with Crippen LogP contribution in [0.4, 0.5) is 0 Å². The molecule has 1 aromatic rings. The summed E-state index contributed by atoms with van der Waals surface area (Å²) in [6.45, 7) is 0.256. The first kappa shape index (κ1) is 14.0. The summed E-state index contributed by atoms with van der Waals surface area (Å²) in [6.07, 6.45) is 4.77. The molecule has 2 atom stereocenters. The summed E-state index contributed by atoms with van der Waals surface area (Å²) in [7, 11) is 0. The Morgan fingerprint density at radius 3 is 2.70 bits per heavy atom. The molecule has 2 unspecified atom stereocenters. The summed E-state index contributed by atoms with van der Waals surface area (Å²) in [4.78, 5) is 13.1. The molecule has 1 fully saturated rings. The maximum atomic E-state index is 11.8. The molecule has 0 radical (unpaired) electrons. The molecular formula is C16H21NO2S. The summed E-state index contributed by atoms with van der Waals surface area (Å²) < 4.78 is 0. The van der Waals surface area contributed by atoms with Gasteiger partial charge in [-0.3, -0.25) is 4.79 Å². The van der Waals surface area contributed by atoms with E-state index in [0.717, 1.165) is 12.8 Å². The highest BCUT2D eigenvalue weighted by Crippen LogP contribution is 2.47. The summed E-state index contributed by atoms with van der Waals surface area (Å²) >= 11 is 1.82. The van der Waals surface area contributed by atoms with Gasteiger partial charge in [-0.1, -0.05) is 31.0 Å². The molecule has 1 aromatic carbocycles. The third-order valence-electron chi connectivity index (χ3n) is 4.55. The number of nitrogens with two attached hydrogens (primary N) is 1. The molecule has 108 valence electrons. The van der Waals surface area contributed by atoms with Crippen molar-refractivity contribution in [2.24, 2.45) is 17.1 Å². The Morgan fingerprint density at radius 1 is 1.35 bits per heavy atom. The summed E-state index contributed by atoms with van der Waals surface area (Å²) in [5, 5.41) is 10.0. The van der Waals surface area contributed by atoms with Crippen molar-refractivity contribution in [2.45, 2.75) is 42.2 Å². The first-order chi connectivity index (χ1) is 9.63. The first-order valence-electron chi connectivity index (χ1n) is 7.31. The van der Waals surface area contributed by atoms with Crippen LogP contribution in [-0.4, -0.2) is 22.9 Å². The van der Waals surface area contributed by atoms with Gasteiger partial charge in [0.1, 0.15) is 0 Å². The third-order valence-corrected chi connectivity index (χ3v) is 5.87. The van der Waals surface area contributed by atoms with Gasteiger partial charge in [-0.05, 0) is 36.8 Å². The maximum Gasteiger partial charge on any atom is 0.310 e. The van der Waals surface area contributed by atoms with Crippen LogP contribution in [0.15, 0.2) is 29.2 Å². The van der Waals surface area contributed by atoms with Gasteiger partial charge < -0.3 is 10.8 Å². The van der Waals surface area contributed by atoms with E-state index in [0.29, 0.717) is 17.6 Å². The van der Waals surface area contributed by atoms with Gasteiger partial charge in [-0.25, -0.2) is 0 Å². The van der Waals surface area contributed by atoms with Gasteiger partial charge >= 0.3 is 5.97 Å². The molecule has 0 bridgehead atoms. The Balaban J connectivity index is 1.73. The predicted molar refractivity (Wildman–Crippen MR) is 80.9 cm³/mol. The number of aliphatic carboxylic acids is 1. The second-order valence-corrected chi connectivity index (χ2v) is 7.54. The van der Waals surface area contributed by atoms with Crippen LogP contribution in [0.5, 0.6) is 0 Å². The van der Waals surface area contributed by atoms with Crippen LogP contribution < -0.4 is 5.73 Å². The number of carbonyl (C=O) groups is 1. The smallest absolute Gasteiger partial charge is 0.310 e. The molecule has 1 aliphatic carbocycles. The van der Waals surface area contributed by atoms with Gasteiger partial charge in [0.2, 0.25) is 0 Å². The third kappa shape index (κ3) is 2.72. The van der Waals surface area contributed by atoms with Crippen LogP contribution in [-0.2, 0) is 11.2 Å². The minimum atomic E-state index is -0.721. The molecule has 0 saturated heterocycles. The van der Waals surface area contributed by atoms with E-state index in [-0.39, 0.29) is 6.54 Å². The van der Waals surface area contributed by atoms with E-state index in [1.807, 2.05) is 17.8 Å². The van der Waals surface area contributed by atoms with E-state index < -0.39 is 11.4 Å². The minimum absolute atomic E-state index is 0.256. The largest absolute Gasteiger partial charge is 0.481 e. The molecule has 20 heavy (non-hydrogen) atoms. The summed E-state index contributed by atoms with van der Waals surface area (Å²) in [5.41, 5.74) is 6.51. The SMILES string of the molecule is NCC(CC1CC1)(CC1Cc2ccccc2S1)C(=O)O. The van der Waals surface area contributed by atoms with Crippen molar-refractivity contribution in [1.82, 2.24) is 0 Å². The molecule has 4 heteroatoms. The normalized spacial score (nSPS) is 24.1. The van der Waals surface area contributed by atoms with Gasteiger partial charge in [-0.2, -0.15) is 0 Å². The van der Waals surface area contributed by atoms with Crippen LogP contribution in [0.1, 0.15) is 31.2 Å². The van der Waals surface area contributed by atoms with E-state index in [9.17, 15) is 9.90 Å². The van der Waals surface area contributed by atoms with E-state index in [1.54, 1.807) is 0 Å². The molecule has 1 saturated carbocycles. The van der Waals surface area contributed by atoms with Gasteiger partial charge in [-0.15, -0.1) is 11.8 Å². The monoisotopic (exact) mass is 291 g/mol. The molecule has 1 heterocycles. The van der Waals surface area contributed by atoms with Crippen molar-refractivity contribution in [1.29, 1.82) is 0 Å². The van der Waals surface area contributed by atoms with E-state index in [1.165, 1.54) is 23.3 Å². The molecule has 0 amide bonds. The van der Waals surface area contributed by atoms with Gasteiger partial charge in [0.05, 0.1) is 5.41 Å². The predicted octanol–water partition coefficient (Wildman–Crippen LogP) is 2.92. The van der Waals surface area contributed by atoms with Gasteiger partial charge in [0.15, 0.2) is 0 Å². The Bertz CT molecular complexity index is 490. The Hall–Kier alpha value is -1.00. The zero-order valence-corrected chi connectivity index (χ0v) is 12.4. The average Bonchev–Trinajstić information content (AvgIpc) is 3.14. The van der Waals surface area contributed by atoms with Crippen molar-refractivity contribution >= 4 is 17.7 Å². The lowest BCUT2D eigenvalue weighted by Crippen LogP contribution is -2.41. The van der Waals surface area contributed by atoms with Gasteiger partial charge in [0, 0.05) is 16.7 Å². The lowest BCUT2D eigenvalue weighted by Gasteiger charge is -2.30. The number of hydrogen-bond donors (Lipinski definition) is 2. The quantitative estimate of drug-likeness (QED) is 0.846. The van der Waals surface area contributed by atoms with Crippen LogP contribution in [0.3, 0.4) is 0 Å². The van der Waals surface area contributed by atoms with Crippen molar-refractivity contribution in [3.05, 3.63) is 29.8 Å². The van der Waals surface area contributed by atoms with Crippen molar-refractivity contribution in [3.63, 3.8) is 0 Å². The number of hydrogen-bond acceptors (Lipinski definition) is 3. The van der Waals surface area contributed by atoms with Crippen LogP contribution in [0.25, 0.3) is 0 Å². The molecule has 3 N–H and O–H groups in total. The number of carboxylic acid groups (broad SMARTS) is 1. The highest BCUT2D eigenvalue weighted by Gasteiger charge is 2.44. The number of rotatable bonds is 6. The highest BCUT2D eigenvalue weighted by atomic mass is 32.2. The topological polar surface area (TPSA) is 63.3 Å². The molecular weight excluding hydrogens is 270 g/mol. The molecule has 1 aliphatic heterocycles. The van der Waals surface area contributed by atoms with Gasteiger partial charge in [0.25, 0.3) is 0 Å². The fourth-order valence-electron chi connectivity index (χ4n) is 3.19. The highest BCUT2D eigenvalue weighted by molar-refractivity contribution is 8.00. The minimum Gasteiger partial charge on any atom is -0.481 e. The second kappa shape index (κ2) is 5.41. The zero-order valence-electron chi connectivity index (χ0n) is 11.5. The van der Waals surface area contributed by atoms with Crippen LogP contribution in [0.2, 0.25) is 0 Å². The number of thioether (sulfide) groups is 1. The Morgan fingerprint density at radius 2 is 2.10 bits per heavy atom. The lowest BCUT2D eigenvalue weighted by atomic mass is 9.77. The number of benzene rings is 1. The van der Waals surface area contributed by atoms with Crippen LogP contribution in [0, 0.1) is 11.3 Å². The maximum absolute atomic E-state index is 11.8. The van der Waals surface area contributed by atoms with E-state index >= 15 is 0 Å². The lowest BCUT2D eigenvalue weighted by molar-refractivity contribution is -0.149. The number of fused-ring (bicyclic) bond motifs is 1. The standard InChI is InChI=1S/C16H21NO2S/c17-10-16(15(18)19,8-11-5-6-11)9-13-7-12-3-1-2-4-14(12)20-13/h1-4,11,13H,5-10,17H2,(H,18,19). The molecule has 2 aliphatic rings. The van der Waals surface area contributed by atoms with Crippen molar-refractivity contribution in [3.8, 4) is 0 Å². The summed E-state index contributed by atoms with van der Waals surface area (Å²) in [5.74, 6) is -0.119. The zero-order chi connectivity index (χ0) is 14.2. The molecule has 0 aromatic heterocycles. The van der Waals surface area contributed by atoms with Crippen LogP contribution >= 0.6 is 11.8 Å². The molecule has 0 spiro atoms. The Kier molecular flexibility index (Phi) is 3.78. The van der Waals surface area contributed by atoms with Crippen molar-refractivity contribution < 1.29 is 9.90 Å². The number of carboxylic acids is 1. The van der Waals surface area contributed by atoms with E-state index in [4.69, 9.17) is 5.73 Å². The van der Waals surface area contributed by atoms with E-state index in [2.05, 4.69) is 18.2 Å². The van der Waals surface area contributed by atoms with Crippen molar-refractivity contribution in [2.75, 3.05) is 6.54 Å². The first-order valence-corrected chi connectivity index (χ1v) is 8.19. The average molecular weight is 291 g/mol. The molecule has 3 rings (SSSR count).